The molecule has 0 aromatic rings. The smallest absolute Gasteiger partial charge is 0.331 e. The third kappa shape index (κ3) is 4.00. The van der Waals surface area contributed by atoms with Gasteiger partial charge in [-0.2, -0.15) is 0 Å². The van der Waals surface area contributed by atoms with Crippen LogP contribution in [0.3, 0.4) is 0 Å². The Bertz CT molecular complexity index is 452. The average molecular weight is 314 g/mol. The van der Waals surface area contributed by atoms with Gasteiger partial charge >= 0.3 is 5.97 Å². The van der Waals surface area contributed by atoms with E-state index in [0.717, 1.165) is 0 Å². The first-order chi connectivity index (χ1) is 9.89. The molecule has 0 radical (unpaired) electrons. The lowest BCUT2D eigenvalue weighted by Gasteiger charge is -2.30. The number of carbonyl (C=O) groups is 3. The number of thioether (sulfide) groups is 1. The number of carbonyl (C=O) groups excluding carboxylic acids is 3. The van der Waals surface area contributed by atoms with E-state index >= 15 is 0 Å². The maximum atomic E-state index is 12.4. The third-order valence-electron chi connectivity index (χ3n) is 3.52. The first-order valence-electron chi connectivity index (χ1n) is 6.81. The quantitative estimate of drug-likeness (QED) is 0.603. The van der Waals surface area contributed by atoms with Crippen LogP contribution in [-0.2, 0) is 19.1 Å². The molecule has 0 aromatic carbocycles. The Hall–Kier alpha value is -1.50. The predicted molar refractivity (Wildman–Crippen MR) is 81.6 cm³/mol. The summed E-state index contributed by atoms with van der Waals surface area (Å²) in [4.78, 5) is 37.7. The highest BCUT2D eigenvalue weighted by atomic mass is 32.2. The molecule has 1 aliphatic heterocycles. The van der Waals surface area contributed by atoms with Gasteiger partial charge < -0.3 is 15.0 Å². The van der Waals surface area contributed by atoms with Crippen LogP contribution in [-0.4, -0.2) is 53.0 Å². The molecule has 2 amide bonds. The standard InChI is InChI=1S/C14H22N2O4S/c1-5-7-11(17)16-9-21-8-10(16)12(18)15-14(3,6-2)13(19)20-4/h5,7,10H,6,8-9H2,1-4H3,(H,15,18). The van der Waals surface area contributed by atoms with Gasteiger partial charge in [-0.15, -0.1) is 11.8 Å². The highest BCUT2D eigenvalue weighted by Crippen LogP contribution is 2.22. The van der Waals surface area contributed by atoms with E-state index in [9.17, 15) is 14.4 Å². The van der Waals surface area contributed by atoms with Crippen molar-refractivity contribution < 1.29 is 19.1 Å². The summed E-state index contributed by atoms with van der Waals surface area (Å²) in [6.07, 6.45) is 3.49. The maximum absolute atomic E-state index is 12.4. The molecule has 1 saturated heterocycles. The Morgan fingerprint density at radius 2 is 2.14 bits per heavy atom. The second kappa shape index (κ2) is 7.49. The van der Waals surface area contributed by atoms with E-state index in [-0.39, 0.29) is 11.8 Å². The number of amides is 2. The molecule has 1 heterocycles. The Kier molecular flexibility index (Phi) is 6.26. The molecule has 1 N–H and O–H groups in total. The van der Waals surface area contributed by atoms with Crippen LogP contribution < -0.4 is 5.32 Å². The van der Waals surface area contributed by atoms with Gasteiger partial charge in [0.1, 0.15) is 11.6 Å². The monoisotopic (exact) mass is 314 g/mol. The lowest BCUT2D eigenvalue weighted by molar-refractivity contribution is -0.151. The van der Waals surface area contributed by atoms with E-state index in [2.05, 4.69) is 5.32 Å². The first kappa shape index (κ1) is 17.6. The van der Waals surface area contributed by atoms with E-state index in [1.165, 1.54) is 29.8 Å². The van der Waals surface area contributed by atoms with Crippen LogP contribution in [0.2, 0.25) is 0 Å². The molecule has 1 aliphatic rings. The van der Waals surface area contributed by atoms with Crippen molar-refractivity contribution in [2.75, 3.05) is 18.7 Å². The number of hydrogen-bond donors (Lipinski definition) is 1. The van der Waals surface area contributed by atoms with Crippen molar-refractivity contribution >= 4 is 29.5 Å². The summed E-state index contributed by atoms with van der Waals surface area (Å²) < 4.78 is 4.73. The fraction of sp³-hybridized carbons (Fsp3) is 0.643. The van der Waals surface area contributed by atoms with Gasteiger partial charge in [-0.3, -0.25) is 9.59 Å². The van der Waals surface area contributed by atoms with Gasteiger partial charge in [0.05, 0.1) is 13.0 Å². The van der Waals surface area contributed by atoms with Crippen LogP contribution in [0.5, 0.6) is 0 Å². The zero-order valence-corrected chi connectivity index (χ0v) is 13.7. The summed E-state index contributed by atoms with van der Waals surface area (Å²) in [6, 6.07) is -0.561. The Labute approximate surface area is 129 Å². The van der Waals surface area contributed by atoms with Crippen molar-refractivity contribution in [3.05, 3.63) is 12.2 Å². The molecule has 2 unspecified atom stereocenters. The van der Waals surface area contributed by atoms with Crippen LogP contribution in [0.25, 0.3) is 0 Å². The maximum Gasteiger partial charge on any atom is 0.331 e. The first-order valence-corrected chi connectivity index (χ1v) is 7.96. The van der Waals surface area contributed by atoms with E-state index in [4.69, 9.17) is 4.74 Å². The van der Waals surface area contributed by atoms with E-state index in [0.29, 0.717) is 18.1 Å². The van der Waals surface area contributed by atoms with Crippen molar-refractivity contribution in [1.82, 2.24) is 10.2 Å². The molecule has 0 spiro atoms. The summed E-state index contributed by atoms with van der Waals surface area (Å²) >= 11 is 1.51. The molecule has 0 bridgehead atoms. The van der Waals surface area contributed by atoms with Gasteiger partial charge in [0.25, 0.3) is 0 Å². The number of rotatable bonds is 5. The lowest BCUT2D eigenvalue weighted by atomic mass is 9.98. The molecule has 0 aliphatic carbocycles. The zero-order valence-electron chi connectivity index (χ0n) is 12.8. The number of esters is 1. The highest BCUT2D eigenvalue weighted by Gasteiger charge is 2.40. The van der Waals surface area contributed by atoms with Crippen molar-refractivity contribution in [1.29, 1.82) is 0 Å². The molecule has 0 aromatic heterocycles. The normalized spacial score (nSPS) is 21.1. The van der Waals surface area contributed by atoms with Crippen molar-refractivity contribution in [2.24, 2.45) is 0 Å². The molecule has 2 atom stereocenters. The summed E-state index contributed by atoms with van der Waals surface area (Å²) in [7, 11) is 1.29. The van der Waals surface area contributed by atoms with Crippen LogP contribution >= 0.6 is 11.8 Å². The number of methoxy groups -OCH3 is 1. The number of allylic oxidation sites excluding steroid dienone is 1. The molecular weight excluding hydrogens is 292 g/mol. The Morgan fingerprint density at radius 3 is 2.67 bits per heavy atom. The Balaban J connectivity index is 2.82. The number of nitrogens with one attached hydrogen (secondary N) is 1. The Morgan fingerprint density at radius 1 is 1.48 bits per heavy atom. The number of ether oxygens (including phenoxy) is 1. The fourth-order valence-electron chi connectivity index (χ4n) is 1.98. The molecular formula is C14H22N2O4S. The predicted octanol–water partition coefficient (Wildman–Crippen LogP) is 0.922. The number of hydrogen-bond acceptors (Lipinski definition) is 5. The molecule has 1 rings (SSSR count). The van der Waals surface area contributed by atoms with Crippen LogP contribution in [0.1, 0.15) is 27.2 Å². The fourth-order valence-corrected chi connectivity index (χ4v) is 3.14. The minimum Gasteiger partial charge on any atom is -0.467 e. The average Bonchev–Trinajstić information content (AvgIpc) is 2.96. The second-order valence-electron chi connectivity index (χ2n) is 4.99. The summed E-state index contributed by atoms with van der Waals surface area (Å²) in [5.74, 6) is -0.0137. The second-order valence-corrected chi connectivity index (χ2v) is 5.99. The molecule has 0 saturated carbocycles. The minimum absolute atomic E-state index is 0.195. The topological polar surface area (TPSA) is 75.7 Å². The van der Waals surface area contributed by atoms with Gasteiger partial charge in [0, 0.05) is 5.75 Å². The van der Waals surface area contributed by atoms with E-state index in [1.807, 2.05) is 0 Å². The largest absolute Gasteiger partial charge is 0.467 e. The van der Waals surface area contributed by atoms with E-state index < -0.39 is 17.6 Å². The molecule has 7 heteroatoms. The molecule has 6 nitrogen and oxygen atoms in total. The van der Waals surface area contributed by atoms with Gasteiger partial charge in [-0.25, -0.2) is 4.79 Å². The van der Waals surface area contributed by atoms with Gasteiger partial charge in [-0.1, -0.05) is 13.0 Å². The lowest BCUT2D eigenvalue weighted by Crippen LogP contribution is -2.57. The zero-order chi connectivity index (χ0) is 16.0. The van der Waals surface area contributed by atoms with Crippen molar-refractivity contribution in [2.45, 2.75) is 38.8 Å². The SMILES string of the molecule is CC=CC(=O)N1CSCC1C(=O)NC(C)(CC)C(=O)OC. The van der Waals surface area contributed by atoms with Crippen molar-refractivity contribution in [3.8, 4) is 0 Å². The van der Waals surface area contributed by atoms with Crippen LogP contribution in [0.15, 0.2) is 12.2 Å². The summed E-state index contributed by atoms with van der Waals surface area (Å²) in [5.41, 5.74) is -1.07. The van der Waals surface area contributed by atoms with Crippen LogP contribution in [0.4, 0.5) is 0 Å². The number of nitrogens with zero attached hydrogens (tertiary/aromatic N) is 1. The molecule has 21 heavy (non-hydrogen) atoms. The molecule has 1 fully saturated rings. The highest BCUT2D eigenvalue weighted by molar-refractivity contribution is 7.99. The third-order valence-corrected chi connectivity index (χ3v) is 4.53. The van der Waals surface area contributed by atoms with Gasteiger partial charge in [0.2, 0.25) is 11.8 Å². The minimum atomic E-state index is -1.07. The molecule has 118 valence electrons. The van der Waals surface area contributed by atoms with Crippen LogP contribution in [0, 0.1) is 0 Å². The summed E-state index contributed by atoms with van der Waals surface area (Å²) in [6.45, 7) is 5.17. The van der Waals surface area contributed by atoms with E-state index in [1.54, 1.807) is 26.8 Å². The van der Waals surface area contributed by atoms with Gasteiger partial charge in [0.15, 0.2) is 0 Å². The van der Waals surface area contributed by atoms with Crippen molar-refractivity contribution in [3.63, 3.8) is 0 Å². The summed E-state index contributed by atoms with van der Waals surface area (Å²) in [5, 5.41) is 2.72. The van der Waals surface area contributed by atoms with Gasteiger partial charge in [-0.05, 0) is 26.3 Å².